The number of ether oxygens (including phenoxy) is 1. The van der Waals surface area contributed by atoms with Crippen LogP contribution in [0.1, 0.15) is 10.4 Å². The smallest absolute Gasteiger partial charge is 0.340 e. The van der Waals surface area contributed by atoms with Crippen molar-refractivity contribution in [1.82, 2.24) is 5.32 Å². The lowest BCUT2D eigenvalue weighted by Gasteiger charge is -2.20. The Labute approximate surface area is 168 Å². The number of rotatable bonds is 8. The molecule has 2 rings (SSSR count). The Kier molecular flexibility index (Phi) is 7.19. The van der Waals surface area contributed by atoms with Crippen molar-refractivity contribution in [3.63, 3.8) is 0 Å². The van der Waals surface area contributed by atoms with Gasteiger partial charge in [0, 0.05) is 13.6 Å². The van der Waals surface area contributed by atoms with E-state index in [9.17, 15) is 18.0 Å². The Balaban J connectivity index is 2.23. The van der Waals surface area contributed by atoms with Gasteiger partial charge in [0.05, 0.1) is 21.2 Å². The summed E-state index contributed by atoms with van der Waals surface area (Å²) in [6.07, 6.45) is 1.48. The molecule has 0 unspecified atom stereocenters. The summed E-state index contributed by atoms with van der Waals surface area (Å²) in [7, 11) is -2.53. The van der Waals surface area contributed by atoms with Crippen LogP contribution in [0, 0.1) is 0 Å². The highest BCUT2D eigenvalue weighted by Gasteiger charge is 2.24. The number of halogens is 1. The molecular weight excluding hydrogens is 404 g/mol. The summed E-state index contributed by atoms with van der Waals surface area (Å²) in [6, 6.07) is 12.2. The monoisotopic (exact) mass is 422 g/mol. The summed E-state index contributed by atoms with van der Waals surface area (Å²) in [6.45, 7) is 3.16. The summed E-state index contributed by atoms with van der Waals surface area (Å²) >= 11 is 6.01. The first-order valence-corrected chi connectivity index (χ1v) is 9.97. The molecule has 0 fully saturated rings. The minimum Gasteiger partial charge on any atom is -0.452 e. The van der Waals surface area contributed by atoms with Gasteiger partial charge in [-0.2, -0.15) is 0 Å². The van der Waals surface area contributed by atoms with E-state index < -0.39 is 28.5 Å². The van der Waals surface area contributed by atoms with Crippen LogP contribution in [-0.2, 0) is 19.6 Å². The van der Waals surface area contributed by atoms with Gasteiger partial charge in [-0.05, 0) is 30.3 Å². The van der Waals surface area contributed by atoms with E-state index in [-0.39, 0.29) is 22.0 Å². The summed E-state index contributed by atoms with van der Waals surface area (Å²) in [5, 5.41) is 2.46. The maximum atomic E-state index is 12.9. The molecule has 0 atom stereocenters. The van der Waals surface area contributed by atoms with Crippen molar-refractivity contribution in [2.24, 2.45) is 0 Å². The number of anilines is 1. The minimum atomic E-state index is -3.93. The largest absolute Gasteiger partial charge is 0.452 e. The molecule has 2 aromatic carbocycles. The van der Waals surface area contributed by atoms with Crippen molar-refractivity contribution in [1.29, 1.82) is 0 Å². The molecule has 28 heavy (non-hydrogen) atoms. The van der Waals surface area contributed by atoms with Crippen molar-refractivity contribution >= 4 is 39.2 Å². The zero-order chi connectivity index (χ0) is 20.7. The lowest BCUT2D eigenvalue weighted by Crippen LogP contribution is -2.29. The average Bonchev–Trinajstić information content (AvgIpc) is 2.70. The first kappa shape index (κ1) is 21.5. The number of sulfonamides is 1. The first-order chi connectivity index (χ1) is 13.3. The Morgan fingerprint density at radius 2 is 1.89 bits per heavy atom. The van der Waals surface area contributed by atoms with E-state index in [0.29, 0.717) is 5.69 Å². The summed E-state index contributed by atoms with van der Waals surface area (Å²) in [5.74, 6) is -1.42. The SMILES string of the molecule is C=CCNC(=O)COC(=O)c1cc(S(=O)(=O)N(C)c2ccccc2)ccc1Cl. The Morgan fingerprint density at radius 3 is 2.54 bits per heavy atom. The second kappa shape index (κ2) is 9.38. The van der Waals surface area contributed by atoms with Gasteiger partial charge in [0.25, 0.3) is 15.9 Å². The minimum absolute atomic E-state index is 0.0119. The molecule has 1 N–H and O–H groups in total. The number of amides is 1. The van der Waals surface area contributed by atoms with Gasteiger partial charge in [0.15, 0.2) is 6.61 Å². The zero-order valence-electron chi connectivity index (χ0n) is 15.1. The van der Waals surface area contributed by atoms with Gasteiger partial charge in [-0.15, -0.1) is 6.58 Å². The fourth-order valence-corrected chi connectivity index (χ4v) is 3.62. The van der Waals surface area contributed by atoms with Gasteiger partial charge in [0.2, 0.25) is 0 Å². The average molecular weight is 423 g/mol. The molecule has 9 heteroatoms. The number of benzene rings is 2. The molecular formula is C19H19ClN2O5S. The molecule has 0 aliphatic heterocycles. The molecule has 0 aliphatic rings. The van der Waals surface area contributed by atoms with Gasteiger partial charge in [0.1, 0.15) is 0 Å². The molecule has 2 aromatic rings. The summed E-state index contributed by atoms with van der Waals surface area (Å²) in [5.41, 5.74) is 0.307. The number of carbonyl (C=O) groups is 2. The predicted octanol–water partition coefficient (Wildman–Crippen LogP) is 2.62. The van der Waals surface area contributed by atoms with E-state index in [1.165, 1.54) is 25.3 Å². The lowest BCUT2D eigenvalue weighted by atomic mass is 10.2. The van der Waals surface area contributed by atoms with Crippen LogP contribution >= 0.6 is 11.6 Å². The highest BCUT2D eigenvalue weighted by atomic mass is 35.5. The fourth-order valence-electron chi connectivity index (χ4n) is 2.20. The molecule has 0 saturated heterocycles. The van der Waals surface area contributed by atoms with E-state index in [1.807, 2.05) is 0 Å². The van der Waals surface area contributed by atoms with Crippen LogP contribution in [0.2, 0.25) is 5.02 Å². The second-order valence-electron chi connectivity index (χ2n) is 5.62. The standard InChI is InChI=1S/C19H19ClN2O5S/c1-3-11-21-18(23)13-27-19(24)16-12-15(9-10-17(16)20)28(25,26)22(2)14-7-5-4-6-8-14/h3-10,12H,1,11,13H2,2H3,(H,21,23). The number of nitrogens with one attached hydrogen (secondary N) is 1. The maximum Gasteiger partial charge on any atom is 0.340 e. The van der Waals surface area contributed by atoms with E-state index in [1.54, 1.807) is 30.3 Å². The Hall–Kier alpha value is -2.84. The highest BCUT2D eigenvalue weighted by molar-refractivity contribution is 7.92. The van der Waals surface area contributed by atoms with Gasteiger partial charge >= 0.3 is 5.97 Å². The third kappa shape index (κ3) is 5.11. The van der Waals surface area contributed by atoms with Gasteiger partial charge in [-0.25, -0.2) is 13.2 Å². The molecule has 0 spiro atoms. The van der Waals surface area contributed by atoms with Crippen molar-refractivity contribution in [3.05, 3.63) is 71.8 Å². The zero-order valence-corrected chi connectivity index (χ0v) is 16.7. The number of hydrogen-bond donors (Lipinski definition) is 1. The molecule has 7 nitrogen and oxygen atoms in total. The van der Waals surface area contributed by atoms with Crippen molar-refractivity contribution in [2.45, 2.75) is 4.90 Å². The molecule has 148 valence electrons. The fraction of sp³-hybridized carbons (Fsp3) is 0.158. The molecule has 0 bridgehead atoms. The normalized spacial score (nSPS) is 10.8. The molecule has 0 radical (unpaired) electrons. The van der Waals surface area contributed by atoms with E-state index in [2.05, 4.69) is 11.9 Å². The van der Waals surface area contributed by atoms with Crippen LogP contribution in [0.4, 0.5) is 5.69 Å². The molecule has 1 amide bonds. The Morgan fingerprint density at radius 1 is 1.21 bits per heavy atom. The first-order valence-electron chi connectivity index (χ1n) is 8.15. The van der Waals surface area contributed by atoms with Crippen LogP contribution in [0.25, 0.3) is 0 Å². The van der Waals surface area contributed by atoms with Crippen LogP contribution in [0.5, 0.6) is 0 Å². The van der Waals surface area contributed by atoms with Crippen LogP contribution in [0.3, 0.4) is 0 Å². The van der Waals surface area contributed by atoms with Crippen LogP contribution < -0.4 is 9.62 Å². The summed E-state index contributed by atoms with van der Waals surface area (Å²) in [4.78, 5) is 23.6. The quantitative estimate of drug-likeness (QED) is 0.521. The highest BCUT2D eigenvalue weighted by Crippen LogP contribution is 2.26. The molecule has 0 aromatic heterocycles. The van der Waals surface area contributed by atoms with Gasteiger partial charge < -0.3 is 10.1 Å². The number of nitrogens with zero attached hydrogens (tertiary/aromatic N) is 1. The Bertz CT molecular complexity index is 977. The predicted molar refractivity (Wildman–Crippen MR) is 107 cm³/mol. The molecule has 0 saturated carbocycles. The summed E-state index contributed by atoms with van der Waals surface area (Å²) < 4.78 is 31.7. The van der Waals surface area contributed by atoms with Crippen molar-refractivity contribution in [2.75, 3.05) is 24.5 Å². The van der Waals surface area contributed by atoms with E-state index >= 15 is 0 Å². The maximum absolute atomic E-state index is 12.9. The van der Waals surface area contributed by atoms with E-state index in [4.69, 9.17) is 16.3 Å². The molecule has 0 heterocycles. The van der Waals surface area contributed by atoms with Crippen molar-refractivity contribution < 1.29 is 22.7 Å². The number of carbonyl (C=O) groups excluding carboxylic acids is 2. The van der Waals surface area contributed by atoms with Gasteiger partial charge in [-0.1, -0.05) is 35.9 Å². The number of hydrogen-bond acceptors (Lipinski definition) is 5. The van der Waals surface area contributed by atoms with Crippen LogP contribution in [-0.4, -0.2) is 40.5 Å². The number of para-hydroxylation sites is 1. The van der Waals surface area contributed by atoms with Crippen molar-refractivity contribution in [3.8, 4) is 0 Å². The topological polar surface area (TPSA) is 92.8 Å². The molecule has 0 aliphatic carbocycles. The van der Waals surface area contributed by atoms with Crippen LogP contribution in [0.15, 0.2) is 66.1 Å². The second-order valence-corrected chi connectivity index (χ2v) is 8.00. The van der Waals surface area contributed by atoms with E-state index in [0.717, 1.165) is 10.4 Å². The van der Waals surface area contributed by atoms with Gasteiger partial charge in [-0.3, -0.25) is 9.10 Å². The number of esters is 1. The third-order valence-electron chi connectivity index (χ3n) is 3.71. The third-order valence-corrected chi connectivity index (χ3v) is 5.82. The lowest BCUT2D eigenvalue weighted by molar-refractivity contribution is -0.124.